The number of halogens is 2. The van der Waals surface area contributed by atoms with Crippen molar-refractivity contribution in [3.63, 3.8) is 0 Å². The second kappa shape index (κ2) is 6.06. The van der Waals surface area contributed by atoms with Crippen LogP contribution in [0.3, 0.4) is 0 Å². The van der Waals surface area contributed by atoms with Crippen LogP contribution in [0.2, 0.25) is 0 Å². The molecule has 0 amide bonds. The molecule has 2 aromatic carbocycles. The molecule has 0 saturated heterocycles. The van der Waals surface area contributed by atoms with Crippen molar-refractivity contribution in [2.45, 2.75) is 36.5 Å². The molecule has 1 aliphatic carbocycles. The maximum atomic E-state index is 12.3. The summed E-state index contributed by atoms with van der Waals surface area (Å²) in [7, 11) is 0. The Hall–Kier alpha value is -1.55. The fraction of sp³-hybridized carbons (Fsp3) is 0.294. The Balaban J connectivity index is 1.72. The van der Waals surface area contributed by atoms with Gasteiger partial charge in [0.1, 0.15) is 0 Å². The Bertz CT molecular complexity index is 625. The molecule has 0 aromatic heterocycles. The lowest BCUT2D eigenvalue weighted by Crippen LogP contribution is -2.07. The van der Waals surface area contributed by atoms with Gasteiger partial charge in [-0.25, -0.2) is 0 Å². The third-order valence-electron chi connectivity index (χ3n) is 3.80. The number of hydrogen-bond acceptors (Lipinski definition) is 2. The summed E-state index contributed by atoms with van der Waals surface area (Å²) in [6, 6.07) is 14.1. The molecule has 110 valence electrons. The van der Waals surface area contributed by atoms with Crippen molar-refractivity contribution < 1.29 is 8.78 Å². The van der Waals surface area contributed by atoms with Crippen LogP contribution in [0.4, 0.5) is 14.5 Å². The smallest absolute Gasteiger partial charge is 0.288 e. The van der Waals surface area contributed by atoms with Gasteiger partial charge in [-0.3, -0.25) is 0 Å². The third-order valence-corrected chi connectivity index (χ3v) is 4.52. The number of alkyl halides is 2. The molecule has 0 spiro atoms. The van der Waals surface area contributed by atoms with Crippen LogP contribution in [0.15, 0.2) is 47.4 Å². The van der Waals surface area contributed by atoms with Gasteiger partial charge in [-0.05, 0) is 55.2 Å². The number of nitrogens with one attached hydrogen (secondary N) is 1. The summed E-state index contributed by atoms with van der Waals surface area (Å²) in [4.78, 5) is 0.596. The predicted molar refractivity (Wildman–Crippen MR) is 84.2 cm³/mol. The molecule has 3 rings (SSSR count). The van der Waals surface area contributed by atoms with Crippen LogP contribution in [0, 0.1) is 6.92 Å². The largest absolute Gasteiger partial charge is 0.378 e. The van der Waals surface area contributed by atoms with E-state index < -0.39 is 5.76 Å². The van der Waals surface area contributed by atoms with E-state index in [-0.39, 0.29) is 0 Å². The molecule has 0 heterocycles. The van der Waals surface area contributed by atoms with Crippen molar-refractivity contribution in [3.8, 4) is 0 Å². The second-order valence-corrected chi connectivity index (χ2v) is 6.40. The summed E-state index contributed by atoms with van der Waals surface area (Å²) in [5, 5.41) is 3.51. The molecule has 0 aliphatic heterocycles. The minimum Gasteiger partial charge on any atom is -0.378 e. The van der Waals surface area contributed by atoms with Crippen LogP contribution in [-0.2, 0) is 6.42 Å². The molecule has 21 heavy (non-hydrogen) atoms. The van der Waals surface area contributed by atoms with Crippen molar-refractivity contribution in [1.82, 2.24) is 0 Å². The van der Waals surface area contributed by atoms with E-state index in [2.05, 4.69) is 30.4 Å². The maximum Gasteiger partial charge on any atom is 0.288 e. The summed E-state index contributed by atoms with van der Waals surface area (Å²) < 4.78 is 24.6. The summed E-state index contributed by atoms with van der Waals surface area (Å²) >= 11 is 0.579. The second-order valence-electron chi connectivity index (χ2n) is 5.34. The van der Waals surface area contributed by atoms with Gasteiger partial charge in [-0.1, -0.05) is 35.5 Å². The first-order valence-electron chi connectivity index (χ1n) is 7.02. The first-order valence-corrected chi connectivity index (χ1v) is 7.90. The summed E-state index contributed by atoms with van der Waals surface area (Å²) in [6.45, 7) is 2.10. The highest BCUT2D eigenvalue weighted by atomic mass is 32.2. The number of hydrogen-bond donors (Lipinski definition) is 1. The molecule has 1 aliphatic rings. The molecular weight excluding hydrogens is 288 g/mol. The Morgan fingerprint density at radius 3 is 2.62 bits per heavy atom. The van der Waals surface area contributed by atoms with Gasteiger partial charge in [0.05, 0.1) is 6.04 Å². The first-order chi connectivity index (χ1) is 10.1. The van der Waals surface area contributed by atoms with Crippen molar-refractivity contribution >= 4 is 17.4 Å². The lowest BCUT2D eigenvalue weighted by Gasteiger charge is -2.16. The molecular formula is C17H17F2NS. The van der Waals surface area contributed by atoms with Gasteiger partial charge in [0, 0.05) is 10.6 Å². The van der Waals surface area contributed by atoms with Gasteiger partial charge in [-0.2, -0.15) is 8.78 Å². The van der Waals surface area contributed by atoms with Gasteiger partial charge >= 0.3 is 0 Å². The van der Waals surface area contributed by atoms with Crippen LogP contribution in [0.25, 0.3) is 0 Å². The van der Waals surface area contributed by atoms with Gasteiger partial charge in [-0.15, -0.1) is 0 Å². The first kappa shape index (κ1) is 14.4. The lowest BCUT2D eigenvalue weighted by atomic mass is 10.0. The van der Waals surface area contributed by atoms with Crippen LogP contribution in [0.1, 0.15) is 29.2 Å². The zero-order valence-electron chi connectivity index (χ0n) is 11.8. The minimum atomic E-state index is -2.37. The molecule has 1 atom stereocenters. The Labute approximate surface area is 127 Å². The molecule has 0 bridgehead atoms. The molecule has 1 unspecified atom stereocenters. The normalized spacial score (nSPS) is 17.0. The van der Waals surface area contributed by atoms with Crippen molar-refractivity contribution in [2.24, 2.45) is 0 Å². The SMILES string of the molecule is Cc1ccc2c(c1)C(Nc1ccc(SC(F)F)cc1)CC2. The van der Waals surface area contributed by atoms with E-state index in [1.807, 2.05) is 12.1 Å². The quantitative estimate of drug-likeness (QED) is 0.758. The van der Waals surface area contributed by atoms with E-state index in [0.29, 0.717) is 22.7 Å². The average molecular weight is 305 g/mol. The van der Waals surface area contributed by atoms with Gasteiger partial charge in [0.15, 0.2) is 0 Å². The van der Waals surface area contributed by atoms with E-state index in [0.717, 1.165) is 18.5 Å². The lowest BCUT2D eigenvalue weighted by molar-refractivity contribution is 0.252. The number of fused-ring (bicyclic) bond motifs is 1. The summed E-state index contributed by atoms with van der Waals surface area (Å²) in [6.07, 6.45) is 2.17. The van der Waals surface area contributed by atoms with Gasteiger partial charge in [0.25, 0.3) is 5.76 Å². The Morgan fingerprint density at radius 1 is 1.14 bits per heavy atom. The van der Waals surface area contributed by atoms with Gasteiger partial charge < -0.3 is 5.32 Å². The Morgan fingerprint density at radius 2 is 1.90 bits per heavy atom. The highest BCUT2D eigenvalue weighted by Crippen LogP contribution is 2.35. The van der Waals surface area contributed by atoms with Gasteiger partial charge in [0.2, 0.25) is 0 Å². The Kier molecular flexibility index (Phi) is 4.15. The van der Waals surface area contributed by atoms with E-state index in [1.165, 1.54) is 16.7 Å². The standard InChI is InChI=1S/C17H17F2NS/c1-11-2-3-12-4-9-16(15(12)10-11)20-13-5-7-14(8-6-13)21-17(18)19/h2-3,5-8,10,16-17,20H,4,9H2,1H3. The number of aryl methyl sites for hydroxylation is 2. The molecule has 2 aromatic rings. The van der Waals surface area contributed by atoms with Crippen molar-refractivity contribution in [1.29, 1.82) is 0 Å². The predicted octanol–water partition coefficient (Wildman–Crippen LogP) is 5.41. The maximum absolute atomic E-state index is 12.3. The highest BCUT2D eigenvalue weighted by molar-refractivity contribution is 7.99. The van der Waals surface area contributed by atoms with E-state index in [9.17, 15) is 8.78 Å². The summed E-state index contributed by atoms with van der Waals surface area (Å²) in [5.74, 6) is -2.37. The fourth-order valence-electron chi connectivity index (χ4n) is 2.81. The number of thioether (sulfide) groups is 1. The molecule has 4 heteroatoms. The number of rotatable bonds is 4. The van der Waals surface area contributed by atoms with E-state index >= 15 is 0 Å². The van der Waals surface area contributed by atoms with Crippen molar-refractivity contribution in [3.05, 3.63) is 59.2 Å². The van der Waals surface area contributed by atoms with E-state index in [4.69, 9.17) is 0 Å². The molecule has 0 saturated carbocycles. The number of benzene rings is 2. The van der Waals surface area contributed by atoms with Crippen LogP contribution < -0.4 is 5.32 Å². The molecule has 0 radical (unpaired) electrons. The number of anilines is 1. The zero-order chi connectivity index (χ0) is 14.8. The summed E-state index contributed by atoms with van der Waals surface area (Å²) in [5.41, 5.74) is 5.02. The van der Waals surface area contributed by atoms with Crippen LogP contribution in [0.5, 0.6) is 0 Å². The van der Waals surface area contributed by atoms with E-state index in [1.54, 1.807) is 12.1 Å². The molecule has 1 nitrogen and oxygen atoms in total. The van der Waals surface area contributed by atoms with Crippen molar-refractivity contribution in [2.75, 3.05) is 5.32 Å². The third kappa shape index (κ3) is 3.38. The topological polar surface area (TPSA) is 12.0 Å². The fourth-order valence-corrected chi connectivity index (χ4v) is 3.30. The minimum absolute atomic E-state index is 0.313. The van der Waals surface area contributed by atoms with Crippen LogP contribution in [-0.4, -0.2) is 5.76 Å². The average Bonchev–Trinajstić information content (AvgIpc) is 2.83. The van der Waals surface area contributed by atoms with Crippen LogP contribution >= 0.6 is 11.8 Å². The molecule has 0 fully saturated rings. The highest BCUT2D eigenvalue weighted by Gasteiger charge is 2.22. The molecule has 1 N–H and O–H groups in total. The monoisotopic (exact) mass is 305 g/mol. The zero-order valence-corrected chi connectivity index (χ0v) is 12.6.